The minimum absolute atomic E-state index is 0.0832. The monoisotopic (exact) mass is 372 g/mol. The Balaban J connectivity index is 2.33. The van der Waals surface area contributed by atoms with E-state index in [0.717, 1.165) is 11.1 Å². The molecule has 2 N–H and O–H groups in total. The Morgan fingerprint density at radius 1 is 1.19 bits per heavy atom. The third-order valence-electron chi connectivity index (χ3n) is 3.76. The Kier molecular flexibility index (Phi) is 5.43. The molecular formula is C18H14F2N4OS. The summed E-state index contributed by atoms with van der Waals surface area (Å²) < 4.78 is 30.8. The molecule has 0 aliphatic heterocycles. The minimum atomic E-state index is -0.335. The first-order valence-electron chi connectivity index (χ1n) is 7.53. The largest absolute Gasteiger partial charge is 0.405 e. The van der Waals surface area contributed by atoms with Crippen molar-refractivity contribution in [1.82, 2.24) is 9.97 Å². The number of aliphatic imine (C=N–C) groups is 1. The Hall–Kier alpha value is -3.00. The second-order valence-electron chi connectivity index (χ2n) is 5.22. The lowest BCUT2D eigenvalue weighted by atomic mass is 9.97. The molecule has 0 amide bonds. The lowest BCUT2D eigenvalue weighted by Crippen LogP contribution is -2.02. The smallest absolute Gasteiger partial charge is 0.273 e. The molecule has 0 radical (unpaired) electrons. The van der Waals surface area contributed by atoms with Gasteiger partial charge in [-0.1, -0.05) is 12.1 Å². The molecule has 0 aliphatic rings. The number of benzene rings is 2. The Labute approximate surface area is 153 Å². The highest BCUT2D eigenvalue weighted by molar-refractivity contribution is 7.89. The average Bonchev–Trinajstić information content (AvgIpc) is 2.66. The highest BCUT2D eigenvalue weighted by atomic mass is 32.2. The molecular weight excluding hydrogens is 358 g/mol. The summed E-state index contributed by atoms with van der Waals surface area (Å²) >= 11 is -0.301. The van der Waals surface area contributed by atoms with Gasteiger partial charge in [-0.25, -0.2) is 14.4 Å². The molecule has 5 nitrogen and oxygen atoms in total. The molecule has 3 rings (SSSR count). The minimum Gasteiger partial charge on any atom is -0.405 e. The molecule has 0 saturated heterocycles. The van der Waals surface area contributed by atoms with E-state index in [0.29, 0.717) is 22.2 Å². The first-order chi connectivity index (χ1) is 12.7. The van der Waals surface area contributed by atoms with E-state index < -0.39 is 0 Å². The van der Waals surface area contributed by atoms with E-state index >= 15 is 0 Å². The first-order valence-corrected chi connectivity index (χ1v) is 8.17. The second kappa shape index (κ2) is 7.92. The van der Waals surface area contributed by atoms with Crippen molar-refractivity contribution in [3.63, 3.8) is 0 Å². The van der Waals surface area contributed by atoms with E-state index in [1.807, 2.05) is 6.07 Å². The van der Waals surface area contributed by atoms with Crippen LogP contribution in [0.5, 0.6) is 5.88 Å². The molecule has 2 aromatic carbocycles. The van der Waals surface area contributed by atoms with Crippen molar-refractivity contribution in [2.24, 2.45) is 10.7 Å². The molecule has 0 spiro atoms. The fourth-order valence-corrected chi connectivity index (χ4v) is 2.81. The molecule has 132 valence electrons. The number of nitrogens with zero attached hydrogens (tertiary/aromatic N) is 3. The van der Waals surface area contributed by atoms with Gasteiger partial charge in [0.05, 0.1) is 16.6 Å². The van der Waals surface area contributed by atoms with Crippen molar-refractivity contribution in [3.05, 3.63) is 66.4 Å². The third kappa shape index (κ3) is 3.50. The van der Waals surface area contributed by atoms with Crippen molar-refractivity contribution in [2.75, 3.05) is 7.05 Å². The molecule has 0 unspecified atom stereocenters. The van der Waals surface area contributed by atoms with Gasteiger partial charge in [0.15, 0.2) is 0 Å². The molecule has 1 aromatic heterocycles. The van der Waals surface area contributed by atoms with E-state index in [-0.39, 0.29) is 24.1 Å². The topological polar surface area (TPSA) is 73.4 Å². The number of nitrogens with two attached hydrogens (primary N) is 1. The number of hydrogen-bond donors (Lipinski definition) is 1. The van der Waals surface area contributed by atoms with Gasteiger partial charge in [-0.15, -0.1) is 3.89 Å². The number of aromatic nitrogens is 2. The van der Waals surface area contributed by atoms with Crippen LogP contribution < -0.4 is 9.92 Å². The van der Waals surface area contributed by atoms with Crippen molar-refractivity contribution in [1.29, 1.82) is 0 Å². The molecule has 0 aliphatic carbocycles. The average molecular weight is 372 g/mol. The molecule has 0 saturated carbocycles. The van der Waals surface area contributed by atoms with Crippen molar-refractivity contribution >= 4 is 29.0 Å². The highest BCUT2D eigenvalue weighted by Gasteiger charge is 2.15. The standard InChI is InChI=1S/C18H14F2N4OS/c1-22-16(6-7-21)14-8-12(11-2-4-13(19)5-3-11)9-15-17(14)23-10-24-18(15)25-26-20/h2-10H,21H2,1H3. The number of allylic oxidation sites excluding steroid dienone is 1. The van der Waals surface area contributed by atoms with Crippen LogP contribution in [0.25, 0.3) is 22.0 Å². The van der Waals surface area contributed by atoms with E-state index in [9.17, 15) is 8.28 Å². The van der Waals surface area contributed by atoms with Crippen LogP contribution in [0.3, 0.4) is 0 Å². The van der Waals surface area contributed by atoms with Gasteiger partial charge in [0.2, 0.25) is 5.88 Å². The predicted octanol–water partition coefficient (Wildman–Crippen LogP) is 4.24. The molecule has 0 fully saturated rings. The van der Waals surface area contributed by atoms with E-state index in [4.69, 9.17) is 9.92 Å². The Morgan fingerprint density at radius 2 is 1.96 bits per heavy atom. The van der Waals surface area contributed by atoms with Crippen molar-refractivity contribution < 1.29 is 12.5 Å². The zero-order chi connectivity index (χ0) is 18.5. The van der Waals surface area contributed by atoms with E-state index in [2.05, 4.69) is 15.0 Å². The van der Waals surface area contributed by atoms with E-state index in [1.54, 1.807) is 31.3 Å². The molecule has 8 heteroatoms. The number of fused-ring (bicyclic) bond motifs is 1. The van der Waals surface area contributed by atoms with Gasteiger partial charge < -0.3 is 9.92 Å². The Morgan fingerprint density at radius 3 is 2.62 bits per heavy atom. The second-order valence-corrected chi connectivity index (χ2v) is 5.51. The summed E-state index contributed by atoms with van der Waals surface area (Å²) in [6.07, 6.45) is 4.29. The van der Waals surface area contributed by atoms with E-state index in [1.165, 1.54) is 24.7 Å². The zero-order valence-electron chi connectivity index (χ0n) is 13.7. The Bertz CT molecular complexity index is 990. The summed E-state index contributed by atoms with van der Waals surface area (Å²) in [4.78, 5) is 12.5. The van der Waals surface area contributed by atoms with Gasteiger partial charge in [-0.2, -0.15) is 0 Å². The lowest BCUT2D eigenvalue weighted by molar-refractivity contribution is 0.592. The lowest BCUT2D eigenvalue weighted by Gasteiger charge is -2.11. The van der Waals surface area contributed by atoms with Crippen molar-refractivity contribution in [2.45, 2.75) is 0 Å². The van der Waals surface area contributed by atoms with Crippen LogP contribution in [0.15, 0.2) is 60.0 Å². The van der Waals surface area contributed by atoms with Crippen LogP contribution >= 0.6 is 12.4 Å². The van der Waals surface area contributed by atoms with Gasteiger partial charge in [0.1, 0.15) is 12.1 Å². The molecule has 0 bridgehead atoms. The van der Waals surface area contributed by atoms with Crippen molar-refractivity contribution in [3.8, 4) is 17.0 Å². The maximum Gasteiger partial charge on any atom is 0.273 e. The summed E-state index contributed by atoms with van der Waals surface area (Å²) in [7, 11) is 1.63. The molecule has 1 heterocycles. The maximum atomic E-state index is 13.3. The number of rotatable bonds is 5. The normalized spacial score (nSPS) is 12.0. The van der Waals surface area contributed by atoms with Crippen LogP contribution in [0, 0.1) is 5.82 Å². The fourth-order valence-electron chi connectivity index (χ4n) is 2.62. The number of halogens is 2. The summed E-state index contributed by atoms with van der Waals surface area (Å²) in [5.41, 5.74) is 8.82. The van der Waals surface area contributed by atoms with Gasteiger partial charge in [0.25, 0.3) is 12.4 Å². The molecule has 0 atom stereocenters. The van der Waals surface area contributed by atoms with Crippen LogP contribution in [-0.2, 0) is 0 Å². The summed E-state index contributed by atoms with van der Waals surface area (Å²) in [5, 5.41) is 0.501. The summed E-state index contributed by atoms with van der Waals surface area (Å²) in [6.45, 7) is 0. The van der Waals surface area contributed by atoms with Crippen LogP contribution in [0.1, 0.15) is 5.56 Å². The van der Waals surface area contributed by atoms with Gasteiger partial charge in [0, 0.05) is 12.6 Å². The highest BCUT2D eigenvalue weighted by Crippen LogP contribution is 2.32. The number of hydrogen-bond acceptors (Lipinski definition) is 6. The van der Waals surface area contributed by atoms with Gasteiger partial charge in [-0.3, -0.25) is 4.99 Å². The third-order valence-corrected chi connectivity index (χ3v) is 3.98. The van der Waals surface area contributed by atoms with Crippen LogP contribution in [0.2, 0.25) is 0 Å². The molecule has 3 aromatic rings. The summed E-state index contributed by atoms with van der Waals surface area (Å²) in [6, 6.07) is 9.65. The maximum absolute atomic E-state index is 13.3. The first kappa shape index (κ1) is 17.8. The van der Waals surface area contributed by atoms with Crippen LogP contribution in [-0.4, -0.2) is 22.7 Å². The molecule has 26 heavy (non-hydrogen) atoms. The SMILES string of the molecule is CN=C(C=CN)c1cc(-c2ccc(F)cc2)cc2c(OSF)ncnc12. The quantitative estimate of drug-likeness (QED) is 0.536. The van der Waals surface area contributed by atoms with Gasteiger partial charge >= 0.3 is 0 Å². The van der Waals surface area contributed by atoms with Crippen LogP contribution in [0.4, 0.5) is 8.28 Å². The predicted molar refractivity (Wildman–Crippen MR) is 100 cm³/mol. The fraction of sp³-hybridized carbons (Fsp3) is 0.0556. The zero-order valence-corrected chi connectivity index (χ0v) is 14.5. The van der Waals surface area contributed by atoms with Gasteiger partial charge in [-0.05, 0) is 47.7 Å². The summed E-state index contributed by atoms with van der Waals surface area (Å²) in [5.74, 6) is -0.252.